The van der Waals surface area contributed by atoms with E-state index in [0.717, 1.165) is 10.4 Å². The van der Waals surface area contributed by atoms with E-state index in [2.05, 4.69) is 20.9 Å². The second-order valence-corrected chi connectivity index (χ2v) is 8.97. The van der Waals surface area contributed by atoms with Crippen molar-refractivity contribution in [2.45, 2.75) is 24.9 Å². The molecule has 1 saturated heterocycles. The Morgan fingerprint density at radius 3 is 2.96 bits per heavy atom. The lowest BCUT2D eigenvalue weighted by atomic mass is 10.1. The summed E-state index contributed by atoms with van der Waals surface area (Å²) in [6, 6.07) is 2.07. The first-order valence-electron chi connectivity index (χ1n) is 8.19. The highest BCUT2D eigenvalue weighted by molar-refractivity contribution is 7.87. The van der Waals surface area contributed by atoms with Crippen molar-refractivity contribution in [3.05, 3.63) is 45.6 Å². The molecule has 148 valence electrons. The Hall–Kier alpha value is -2.03. The molecule has 2 aromatic rings. The van der Waals surface area contributed by atoms with Gasteiger partial charge in [-0.1, -0.05) is 11.6 Å². The molecule has 7 nitrogen and oxygen atoms in total. The number of nitrogens with one attached hydrogen (secondary N) is 2. The second-order valence-electron chi connectivity index (χ2n) is 5.98. The zero-order valence-corrected chi connectivity index (χ0v) is 16.8. The van der Waals surface area contributed by atoms with Crippen LogP contribution >= 0.6 is 22.9 Å². The third kappa shape index (κ3) is 4.51. The van der Waals surface area contributed by atoms with Crippen molar-refractivity contribution >= 4 is 44.7 Å². The lowest BCUT2D eigenvalue weighted by molar-refractivity contribution is -0.120. The van der Waals surface area contributed by atoms with Gasteiger partial charge in [-0.05, 0) is 24.6 Å². The minimum atomic E-state index is -3.96. The largest absolute Gasteiger partial charge is 0.325 e. The van der Waals surface area contributed by atoms with E-state index < -0.39 is 34.0 Å². The quantitative estimate of drug-likeness (QED) is 0.696. The normalized spacial score (nSPS) is 21.8. The van der Waals surface area contributed by atoms with Gasteiger partial charge in [0.25, 0.3) is 10.2 Å². The molecule has 0 saturated carbocycles. The van der Waals surface area contributed by atoms with Crippen molar-refractivity contribution in [1.82, 2.24) is 14.0 Å². The molecule has 11 heteroatoms. The van der Waals surface area contributed by atoms with Crippen molar-refractivity contribution < 1.29 is 17.6 Å². The number of amides is 1. The Bertz CT molecular complexity index is 1010. The highest BCUT2D eigenvalue weighted by Crippen LogP contribution is 2.30. The van der Waals surface area contributed by atoms with Crippen molar-refractivity contribution in [2.75, 3.05) is 11.9 Å². The molecule has 28 heavy (non-hydrogen) atoms. The van der Waals surface area contributed by atoms with Crippen LogP contribution in [0.1, 0.15) is 23.9 Å². The Balaban J connectivity index is 1.88. The summed E-state index contributed by atoms with van der Waals surface area (Å²) in [5.41, 5.74) is 0.259. The Morgan fingerprint density at radius 2 is 2.32 bits per heavy atom. The number of halogens is 2. The molecule has 1 aromatic heterocycles. The van der Waals surface area contributed by atoms with Crippen molar-refractivity contribution in [2.24, 2.45) is 0 Å². The monoisotopic (exact) mass is 442 g/mol. The topological polar surface area (TPSA) is 91.4 Å². The number of aromatic nitrogens is 1. The zero-order valence-electron chi connectivity index (χ0n) is 14.4. The van der Waals surface area contributed by atoms with Gasteiger partial charge in [-0.2, -0.15) is 17.4 Å². The summed E-state index contributed by atoms with van der Waals surface area (Å²) in [4.78, 5) is 17.0. The maximum absolute atomic E-state index is 13.3. The maximum Gasteiger partial charge on any atom is 0.280 e. The van der Waals surface area contributed by atoms with Crippen molar-refractivity contribution in [3.63, 3.8) is 0 Å². The van der Waals surface area contributed by atoms with E-state index in [1.807, 2.05) is 0 Å². The Labute approximate surface area is 171 Å². The molecule has 0 spiro atoms. The number of anilines is 1. The molecule has 1 aliphatic rings. The van der Waals surface area contributed by atoms with E-state index in [1.54, 1.807) is 11.6 Å². The van der Waals surface area contributed by atoms with Crippen molar-refractivity contribution in [1.29, 1.82) is 0 Å². The van der Waals surface area contributed by atoms with Crippen LogP contribution in [0.2, 0.25) is 5.02 Å². The van der Waals surface area contributed by atoms with Crippen LogP contribution in [0.4, 0.5) is 10.1 Å². The van der Waals surface area contributed by atoms with Gasteiger partial charge in [-0.25, -0.2) is 9.37 Å². The van der Waals surface area contributed by atoms with Crippen LogP contribution in [-0.4, -0.2) is 36.2 Å². The summed E-state index contributed by atoms with van der Waals surface area (Å²) in [7, 11) is -3.96. The van der Waals surface area contributed by atoms with E-state index in [0.29, 0.717) is 5.01 Å². The van der Waals surface area contributed by atoms with Gasteiger partial charge in [0.1, 0.15) is 16.9 Å². The van der Waals surface area contributed by atoms with Crippen LogP contribution in [0.15, 0.2) is 29.8 Å². The van der Waals surface area contributed by atoms with Gasteiger partial charge < -0.3 is 5.32 Å². The van der Waals surface area contributed by atoms with E-state index in [1.165, 1.54) is 23.5 Å². The van der Waals surface area contributed by atoms with E-state index in [9.17, 15) is 17.6 Å². The zero-order chi connectivity index (χ0) is 20.3. The molecular formula is C17H16ClFN4O3S2. The molecule has 0 radical (unpaired) electrons. The fourth-order valence-corrected chi connectivity index (χ4v) is 5.36. The highest BCUT2D eigenvalue weighted by Gasteiger charge is 2.43. The Kier molecular flexibility index (Phi) is 6.32. The number of benzene rings is 1. The minimum absolute atomic E-state index is 0.0152. The molecule has 2 atom stereocenters. The summed E-state index contributed by atoms with van der Waals surface area (Å²) < 4.78 is 42.4. The van der Waals surface area contributed by atoms with Crippen LogP contribution in [0.3, 0.4) is 0 Å². The fourth-order valence-electron chi connectivity index (χ4n) is 2.85. The first kappa shape index (κ1) is 20.7. The van der Waals surface area contributed by atoms with Gasteiger partial charge in [0, 0.05) is 30.2 Å². The molecule has 2 N–H and O–H groups in total. The first-order chi connectivity index (χ1) is 13.3. The smallest absolute Gasteiger partial charge is 0.280 e. The number of rotatable bonds is 5. The van der Waals surface area contributed by atoms with Gasteiger partial charge in [0.15, 0.2) is 0 Å². The highest BCUT2D eigenvalue weighted by atomic mass is 35.5. The minimum Gasteiger partial charge on any atom is -0.325 e. The van der Waals surface area contributed by atoms with Gasteiger partial charge in [-0.3, -0.25) is 4.79 Å². The maximum atomic E-state index is 13.3. The van der Waals surface area contributed by atoms with Crippen LogP contribution in [0.25, 0.3) is 0 Å². The summed E-state index contributed by atoms with van der Waals surface area (Å²) in [5.74, 6) is 1.19. The summed E-state index contributed by atoms with van der Waals surface area (Å²) in [6.07, 6.45) is 7.14. The number of carbonyl (C=O) groups is 1. The molecule has 3 rings (SSSR count). The lowest BCUT2D eigenvalue weighted by Gasteiger charge is -2.37. The fraction of sp³-hybridized carbons (Fsp3) is 0.294. The Morgan fingerprint density at radius 1 is 1.54 bits per heavy atom. The van der Waals surface area contributed by atoms with Gasteiger partial charge >= 0.3 is 0 Å². The van der Waals surface area contributed by atoms with E-state index in [-0.39, 0.29) is 30.1 Å². The third-order valence-electron chi connectivity index (χ3n) is 4.12. The van der Waals surface area contributed by atoms with Gasteiger partial charge in [0.05, 0.1) is 11.1 Å². The van der Waals surface area contributed by atoms with Crippen LogP contribution in [0, 0.1) is 18.2 Å². The number of carbonyl (C=O) groups excluding carboxylic acids is 1. The van der Waals surface area contributed by atoms with E-state index >= 15 is 0 Å². The lowest BCUT2D eigenvalue weighted by Crippen LogP contribution is -2.57. The van der Waals surface area contributed by atoms with Gasteiger partial charge in [-0.15, -0.1) is 23.7 Å². The summed E-state index contributed by atoms with van der Waals surface area (Å²) >= 11 is 7.04. The summed E-state index contributed by atoms with van der Waals surface area (Å²) in [5, 5.41) is 4.73. The molecule has 0 unspecified atom stereocenters. The van der Waals surface area contributed by atoms with Crippen molar-refractivity contribution in [3.8, 4) is 12.3 Å². The average molecular weight is 443 g/mol. The van der Waals surface area contributed by atoms with Crippen LogP contribution in [-0.2, 0) is 15.0 Å². The SMILES string of the molecule is C#CCCN1[C@@H](C(=O)Nc2ccc(F)c(Cl)c2)C[C@@H](c2nccs2)NS1(=O)=O. The molecule has 1 fully saturated rings. The predicted molar refractivity (Wildman–Crippen MR) is 106 cm³/mol. The predicted octanol–water partition coefficient (Wildman–Crippen LogP) is 2.55. The van der Waals surface area contributed by atoms with Crippen LogP contribution < -0.4 is 10.0 Å². The standard InChI is InChI=1S/C17H16ClFN4O3S2/c1-2-3-7-23-15(16(24)21-11-4-5-13(19)12(18)9-11)10-14(22-28(23,25)26)17-20-6-8-27-17/h1,4-6,8-9,14-15,22H,3,7,10H2,(H,21,24)/t14-,15+/m0/s1. The molecule has 1 aliphatic heterocycles. The third-order valence-corrected chi connectivity index (χ3v) is 6.94. The van der Waals surface area contributed by atoms with E-state index in [4.69, 9.17) is 18.0 Å². The first-order valence-corrected chi connectivity index (χ1v) is 10.9. The number of nitrogens with zero attached hydrogens (tertiary/aromatic N) is 2. The second kappa shape index (κ2) is 8.55. The molecule has 1 amide bonds. The molecule has 2 heterocycles. The number of hydrogen-bond acceptors (Lipinski definition) is 5. The molecular weight excluding hydrogens is 427 g/mol. The number of hydrogen-bond donors (Lipinski definition) is 2. The van der Waals surface area contributed by atoms with Gasteiger partial charge in [0.2, 0.25) is 5.91 Å². The molecule has 0 bridgehead atoms. The van der Waals surface area contributed by atoms with Crippen LogP contribution in [0.5, 0.6) is 0 Å². The average Bonchev–Trinajstić information content (AvgIpc) is 3.17. The summed E-state index contributed by atoms with van der Waals surface area (Å²) in [6.45, 7) is -0.0152. The number of terminal acetylenes is 1. The number of thiazole rings is 1. The molecule has 0 aliphatic carbocycles. The molecule has 1 aromatic carbocycles.